The monoisotopic (exact) mass is 570 g/mol. The van der Waals surface area contributed by atoms with E-state index in [0.29, 0.717) is 21.6 Å². The molecule has 36 heavy (non-hydrogen) atoms. The molecule has 1 amide bonds. The van der Waals surface area contributed by atoms with E-state index in [4.69, 9.17) is 28.0 Å². The summed E-state index contributed by atoms with van der Waals surface area (Å²) in [4.78, 5) is 18.5. The van der Waals surface area contributed by atoms with Crippen molar-refractivity contribution in [3.8, 4) is 0 Å². The predicted molar refractivity (Wildman–Crippen MR) is 126 cm³/mol. The highest BCUT2D eigenvalue weighted by Crippen LogP contribution is 2.50. The number of nitrogens with zero attached hydrogens (tertiary/aromatic N) is 2. The number of benzene rings is 2. The molecule has 4 rings (SSSR count). The minimum absolute atomic E-state index is 0.00162. The second-order valence-electron chi connectivity index (χ2n) is 8.77. The molecule has 4 nitrogen and oxygen atoms in total. The molecule has 2 aromatic rings. The van der Waals surface area contributed by atoms with Crippen molar-refractivity contribution in [3.05, 3.63) is 68.7 Å². The Bertz CT molecular complexity index is 1230. The average Bonchev–Trinajstić information content (AvgIpc) is 3.31. The molecule has 2 aliphatic rings. The van der Waals surface area contributed by atoms with Gasteiger partial charge in [-0.1, -0.05) is 40.5 Å². The topological polar surface area (TPSA) is 41.9 Å². The molecule has 0 saturated carbocycles. The Balaban J connectivity index is 1.63. The van der Waals surface area contributed by atoms with Gasteiger partial charge in [0, 0.05) is 28.6 Å². The van der Waals surface area contributed by atoms with E-state index in [2.05, 4.69) is 17.8 Å². The predicted octanol–water partition coefficient (Wildman–Crippen LogP) is 6.80. The van der Waals surface area contributed by atoms with E-state index in [-0.39, 0.29) is 34.3 Å². The van der Waals surface area contributed by atoms with Crippen molar-refractivity contribution in [2.45, 2.75) is 42.5 Å². The minimum atomic E-state index is -4.87. The highest BCUT2D eigenvalue weighted by molar-refractivity contribution is 7.82. The van der Waals surface area contributed by atoms with Crippen LogP contribution in [0.25, 0.3) is 0 Å². The van der Waals surface area contributed by atoms with Gasteiger partial charge in [0.15, 0.2) is 0 Å². The van der Waals surface area contributed by atoms with Crippen LogP contribution in [0.4, 0.5) is 26.3 Å². The number of carbonyl (C=O) groups excluding carboxylic acids is 1. The molecule has 1 saturated heterocycles. The van der Waals surface area contributed by atoms with Crippen molar-refractivity contribution >= 4 is 47.4 Å². The molecule has 0 radical (unpaired) electrons. The van der Waals surface area contributed by atoms with E-state index < -0.39 is 41.6 Å². The molecule has 2 aliphatic heterocycles. The highest BCUT2D eigenvalue weighted by atomic mass is 35.5. The number of aryl methyl sites for hydroxylation is 1. The number of amides is 1. The summed E-state index contributed by atoms with van der Waals surface area (Å²) in [5, 5.41) is 3.70. The summed E-state index contributed by atoms with van der Waals surface area (Å²) in [7, 11) is 0. The van der Waals surface area contributed by atoms with Crippen molar-refractivity contribution in [3.63, 3.8) is 0 Å². The Labute approximate surface area is 217 Å². The number of carbonyl (C=O) groups is 1. The molecule has 0 bridgehead atoms. The molecule has 1 fully saturated rings. The van der Waals surface area contributed by atoms with Crippen LogP contribution in [-0.2, 0) is 20.0 Å². The lowest BCUT2D eigenvalue weighted by Gasteiger charge is -2.29. The number of halogens is 8. The smallest absolute Gasteiger partial charge is 0.374 e. The Morgan fingerprint density at radius 2 is 1.72 bits per heavy atom. The molecule has 0 aromatic heterocycles. The number of thiol groups is 1. The standard InChI is InChI=1S/C23H18Cl2F6N2O2S/c1-12-6-13(2-3-17(12)20(36)4-5-33(19(20)34)11-22(26,27)28)18-10-21(35-32-18,23(29,30)31)14-7-15(24)9-16(25)8-14/h2-3,6-9,36H,4-5,10-11H2,1H3. The first kappa shape index (κ1) is 26.9. The first-order valence-electron chi connectivity index (χ1n) is 10.5. The molecule has 0 aliphatic carbocycles. The van der Waals surface area contributed by atoms with Gasteiger partial charge in [0.2, 0.25) is 5.91 Å². The third-order valence-corrected chi connectivity index (χ3v) is 7.37. The molecular weight excluding hydrogens is 553 g/mol. The lowest BCUT2D eigenvalue weighted by Crippen LogP contribution is -2.42. The normalized spacial score (nSPS) is 24.8. The van der Waals surface area contributed by atoms with Crippen molar-refractivity contribution in [2.24, 2.45) is 5.16 Å². The van der Waals surface area contributed by atoms with Gasteiger partial charge in [0.05, 0.1) is 5.71 Å². The van der Waals surface area contributed by atoms with Crippen LogP contribution in [0, 0.1) is 6.92 Å². The third-order valence-electron chi connectivity index (χ3n) is 6.27. The SMILES string of the molecule is Cc1cc(C2=NOC(c3cc(Cl)cc(Cl)c3)(C(F)(F)F)C2)ccc1C1(S)CCN(CC(F)(F)F)C1=O. The summed E-state index contributed by atoms with van der Waals surface area (Å²) in [6, 6.07) is 7.93. The number of oxime groups is 1. The molecule has 194 valence electrons. The highest BCUT2D eigenvalue weighted by Gasteiger charge is 2.62. The van der Waals surface area contributed by atoms with Crippen molar-refractivity contribution in [1.82, 2.24) is 4.90 Å². The van der Waals surface area contributed by atoms with Crippen LogP contribution in [0.5, 0.6) is 0 Å². The zero-order chi connectivity index (χ0) is 26.7. The quantitative estimate of drug-likeness (QED) is 0.324. The van der Waals surface area contributed by atoms with Crippen LogP contribution in [0.15, 0.2) is 41.6 Å². The fourth-order valence-corrected chi connectivity index (χ4v) is 5.56. The molecule has 0 spiro atoms. The maximum atomic E-state index is 14.2. The first-order chi connectivity index (χ1) is 16.6. The number of likely N-dealkylation sites (tertiary alicyclic amines) is 1. The molecule has 2 unspecified atom stereocenters. The van der Waals surface area contributed by atoms with E-state index in [1.807, 2.05) is 0 Å². The summed E-state index contributed by atoms with van der Waals surface area (Å²) in [6.07, 6.45) is -10.0. The van der Waals surface area contributed by atoms with Gasteiger partial charge in [-0.2, -0.15) is 39.0 Å². The van der Waals surface area contributed by atoms with E-state index in [1.54, 1.807) is 6.92 Å². The third kappa shape index (κ3) is 4.77. The van der Waals surface area contributed by atoms with Crippen LogP contribution >= 0.6 is 35.8 Å². The Morgan fingerprint density at radius 3 is 2.28 bits per heavy atom. The average molecular weight is 571 g/mol. The van der Waals surface area contributed by atoms with Crippen LogP contribution in [0.2, 0.25) is 10.0 Å². The second kappa shape index (κ2) is 9.02. The van der Waals surface area contributed by atoms with Gasteiger partial charge in [0.25, 0.3) is 5.60 Å². The number of rotatable bonds is 4. The zero-order valence-electron chi connectivity index (χ0n) is 18.5. The van der Waals surface area contributed by atoms with E-state index in [0.717, 1.165) is 12.1 Å². The van der Waals surface area contributed by atoms with Gasteiger partial charge in [-0.3, -0.25) is 4.79 Å². The van der Waals surface area contributed by atoms with Gasteiger partial charge in [0.1, 0.15) is 11.3 Å². The minimum Gasteiger partial charge on any atom is -0.374 e. The van der Waals surface area contributed by atoms with E-state index >= 15 is 0 Å². The van der Waals surface area contributed by atoms with Gasteiger partial charge in [-0.25, -0.2) is 0 Å². The maximum Gasteiger partial charge on any atom is 0.435 e. The summed E-state index contributed by atoms with van der Waals surface area (Å²) in [5.41, 5.74) is -2.01. The Hall–Kier alpha value is -2.11. The van der Waals surface area contributed by atoms with Gasteiger partial charge >= 0.3 is 12.4 Å². The van der Waals surface area contributed by atoms with Crippen LogP contribution in [0.1, 0.15) is 35.1 Å². The fraction of sp³-hybridized carbons (Fsp3) is 0.391. The van der Waals surface area contributed by atoms with Crippen LogP contribution in [0.3, 0.4) is 0 Å². The second-order valence-corrected chi connectivity index (χ2v) is 10.4. The van der Waals surface area contributed by atoms with Crippen LogP contribution < -0.4 is 0 Å². The van der Waals surface area contributed by atoms with Gasteiger partial charge < -0.3 is 9.74 Å². The molecule has 13 heteroatoms. The van der Waals surface area contributed by atoms with Crippen molar-refractivity contribution < 1.29 is 36.0 Å². The largest absolute Gasteiger partial charge is 0.435 e. The lowest BCUT2D eigenvalue weighted by molar-refractivity contribution is -0.275. The molecule has 2 aromatic carbocycles. The summed E-state index contributed by atoms with van der Waals surface area (Å²) in [6.45, 7) is 0.0902. The molecular formula is C23H18Cl2F6N2O2S. The number of hydrogen-bond donors (Lipinski definition) is 1. The van der Waals surface area contributed by atoms with Gasteiger partial charge in [-0.05, 0) is 54.3 Å². The Kier molecular flexibility index (Phi) is 6.75. The van der Waals surface area contributed by atoms with Crippen LogP contribution in [-0.4, -0.2) is 42.0 Å². The molecule has 2 atom stereocenters. The zero-order valence-corrected chi connectivity index (χ0v) is 20.9. The number of alkyl halides is 6. The summed E-state index contributed by atoms with van der Waals surface area (Å²) in [5.74, 6) is -0.783. The van der Waals surface area contributed by atoms with Crippen molar-refractivity contribution in [1.29, 1.82) is 0 Å². The Morgan fingerprint density at radius 1 is 1.08 bits per heavy atom. The fourth-order valence-electron chi connectivity index (χ4n) is 4.54. The molecule has 0 N–H and O–H groups in total. The number of hydrogen-bond acceptors (Lipinski definition) is 4. The van der Waals surface area contributed by atoms with E-state index in [1.165, 1.54) is 24.3 Å². The van der Waals surface area contributed by atoms with Crippen molar-refractivity contribution in [2.75, 3.05) is 13.1 Å². The maximum absolute atomic E-state index is 14.2. The lowest BCUT2D eigenvalue weighted by atomic mass is 9.85. The molecule has 2 heterocycles. The first-order valence-corrected chi connectivity index (χ1v) is 11.7. The van der Waals surface area contributed by atoms with E-state index in [9.17, 15) is 31.1 Å². The van der Waals surface area contributed by atoms with Gasteiger partial charge in [-0.15, -0.1) is 0 Å². The summed E-state index contributed by atoms with van der Waals surface area (Å²) < 4.78 is 79.7. The summed E-state index contributed by atoms with van der Waals surface area (Å²) >= 11 is 16.3.